The molecular weight excluding hydrogens is 361 g/mol. The number of benzene rings is 1. The van der Waals surface area contributed by atoms with Crippen molar-refractivity contribution in [1.29, 1.82) is 0 Å². The third-order valence-electron chi connectivity index (χ3n) is 3.90. The van der Waals surface area contributed by atoms with Crippen LogP contribution in [-0.2, 0) is 11.0 Å². The first-order valence-corrected chi connectivity index (χ1v) is 7.43. The van der Waals surface area contributed by atoms with Gasteiger partial charge in [0, 0.05) is 6.20 Å². The molecule has 1 aromatic carbocycles. The van der Waals surface area contributed by atoms with Crippen LogP contribution in [0.1, 0.15) is 24.0 Å². The fourth-order valence-electron chi connectivity index (χ4n) is 2.47. The zero-order valence-corrected chi connectivity index (χ0v) is 13.4. The Morgan fingerprint density at radius 1 is 1.32 bits per heavy atom. The van der Waals surface area contributed by atoms with E-state index in [1.807, 2.05) is 0 Å². The average molecular weight is 371 g/mol. The molecule has 1 atom stereocenters. The molecule has 0 aliphatic heterocycles. The molecule has 3 rings (SSSR count). The van der Waals surface area contributed by atoms with E-state index in [2.05, 4.69) is 4.98 Å². The van der Waals surface area contributed by atoms with Crippen molar-refractivity contribution < 1.29 is 23.1 Å². The van der Waals surface area contributed by atoms with Crippen molar-refractivity contribution in [3.05, 3.63) is 57.0 Å². The Morgan fingerprint density at radius 2 is 2.00 bits per heavy atom. The summed E-state index contributed by atoms with van der Waals surface area (Å²) < 4.78 is 39.8. The minimum absolute atomic E-state index is 0.0962. The second-order valence-corrected chi connectivity index (χ2v) is 5.92. The number of hydrogen-bond acceptors (Lipinski definition) is 3. The summed E-state index contributed by atoms with van der Waals surface area (Å²) in [5.41, 5.74) is -1.36. The SMILES string of the molecule is CC(C(=O)O)c1ccc2nc3cc(C(F)(F)F)c(Cl)cn3c(=O)c2c1. The first-order chi connectivity index (χ1) is 11.6. The van der Waals surface area contributed by atoms with Crippen molar-refractivity contribution >= 4 is 34.1 Å². The number of carbonyl (C=O) groups is 1. The number of carboxylic acids is 1. The lowest BCUT2D eigenvalue weighted by atomic mass is 10.00. The average Bonchev–Trinajstić information content (AvgIpc) is 2.53. The van der Waals surface area contributed by atoms with Crippen molar-refractivity contribution in [3.63, 3.8) is 0 Å². The molecule has 1 N–H and O–H groups in total. The van der Waals surface area contributed by atoms with E-state index in [0.717, 1.165) is 10.6 Å². The number of fused-ring (bicyclic) bond motifs is 2. The van der Waals surface area contributed by atoms with E-state index < -0.39 is 34.2 Å². The summed E-state index contributed by atoms with van der Waals surface area (Å²) in [6.45, 7) is 1.46. The number of halogens is 4. The van der Waals surface area contributed by atoms with E-state index in [0.29, 0.717) is 11.6 Å². The normalized spacial score (nSPS) is 13.3. The van der Waals surface area contributed by atoms with Gasteiger partial charge in [-0.25, -0.2) is 4.98 Å². The molecule has 2 heterocycles. The van der Waals surface area contributed by atoms with Crippen LogP contribution in [0.4, 0.5) is 13.2 Å². The standard InChI is InChI=1S/C16H10ClF3N2O3/c1-7(15(24)25)8-2-3-12-9(4-8)14(23)22-6-11(17)10(16(18,19)20)5-13(22)21-12/h2-7H,1H3,(H,24,25). The van der Waals surface area contributed by atoms with E-state index in [1.165, 1.54) is 25.1 Å². The van der Waals surface area contributed by atoms with Gasteiger partial charge in [0.15, 0.2) is 0 Å². The highest BCUT2D eigenvalue weighted by atomic mass is 35.5. The van der Waals surface area contributed by atoms with Crippen LogP contribution in [0.2, 0.25) is 5.02 Å². The number of aliphatic carboxylic acids is 1. The molecule has 9 heteroatoms. The number of alkyl halides is 3. The van der Waals surface area contributed by atoms with Crippen molar-refractivity contribution in [1.82, 2.24) is 9.38 Å². The maximum absolute atomic E-state index is 13.0. The van der Waals surface area contributed by atoms with Crippen molar-refractivity contribution in [2.75, 3.05) is 0 Å². The van der Waals surface area contributed by atoms with Crippen molar-refractivity contribution in [3.8, 4) is 0 Å². The van der Waals surface area contributed by atoms with Gasteiger partial charge in [-0.05, 0) is 30.7 Å². The molecule has 0 aliphatic carbocycles. The van der Waals surface area contributed by atoms with Gasteiger partial charge in [0.05, 0.1) is 27.4 Å². The number of rotatable bonds is 2. The maximum atomic E-state index is 13.0. The van der Waals surface area contributed by atoms with E-state index in [1.54, 1.807) is 0 Å². The molecule has 0 fully saturated rings. The van der Waals surface area contributed by atoms with E-state index in [4.69, 9.17) is 16.7 Å². The predicted molar refractivity (Wildman–Crippen MR) is 85.0 cm³/mol. The minimum Gasteiger partial charge on any atom is -0.481 e. The molecule has 0 amide bonds. The zero-order chi connectivity index (χ0) is 18.5. The molecular formula is C16H10ClF3N2O3. The van der Waals surface area contributed by atoms with Crippen LogP contribution >= 0.6 is 11.6 Å². The van der Waals surface area contributed by atoms with Gasteiger partial charge < -0.3 is 5.11 Å². The van der Waals surface area contributed by atoms with E-state index in [9.17, 15) is 22.8 Å². The first kappa shape index (κ1) is 17.2. The highest BCUT2D eigenvalue weighted by Crippen LogP contribution is 2.35. The Balaban J connectivity index is 2.33. The molecule has 0 aliphatic rings. The number of nitrogens with zero attached hydrogens (tertiary/aromatic N) is 2. The third-order valence-corrected chi connectivity index (χ3v) is 4.20. The largest absolute Gasteiger partial charge is 0.481 e. The number of carboxylic acid groups (broad SMARTS) is 1. The van der Waals surface area contributed by atoms with E-state index >= 15 is 0 Å². The van der Waals surface area contributed by atoms with Gasteiger partial charge in [0.1, 0.15) is 5.65 Å². The summed E-state index contributed by atoms with van der Waals surface area (Å²) in [7, 11) is 0. The highest BCUT2D eigenvalue weighted by Gasteiger charge is 2.34. The van der Waals surface area contributed by atoms with Crippen LogP contribution in [-0.4, -0.2) is 20.5 Å². The van der Waals surface area contributed by atoms with Gasteiger partial charge in [-0.15, -0.1) is 0 Å². The minimum atomic E-state index is -4.67. The summed E-state index contributed by atoms with van der Waals surface area (Å²) in [5.74, 6) is -1.91. The Kier molecular flexibility index (Phi) is 3.95. The molecule has 0 saturated heterocycles. The predicted octanol–water partition coefficient (Wildman–Crippen LogP) is 3.71. The molecule has 3 aromatic rings. The summed E-state index contributed by atoms with van der Waals surface area (Å²) in [6.07, 6.45) is -3.81. The fraction of sp³-hybridized carbons (Fsp3) is 0.188. The molecule has 1 unspecified atom stereocenters. The van der Waals surface area contributed by atoms with Crippen LogP contribution in [0.25, 0.3) is 16.6 Å². The maximum Gasteiger partial charge on any atom is 0.418 e. The second kappa shape index (κ2) is 5.73. The zero-order valence-electron chi connectivity index (χ0n) is 12.6. The van der Waals surface area contributed by atoms with Crippen LogP contribution in [0.15, 0.2) is 35.3 Å². The Hall–Kier alpha value is -2.61. The van der Waals surface area contributed by atoms with Crippen molar-refractivity contribution in [2.24, 2.45) is 0 Å². The van der Waals surface area contributed by atoms with Gasteiger partial charge in [0.25, 0.3) is 5.56 Å². The van der Waals surface area contributed by atoms with Gasteiger partial charge in [-0.3, -0.25) is 14.0 Å². The molecule has 0 spiro atoms. The Labute approximate surface area is 143 Å². The molecule has 0 saturated carbocycles. The first-order valence-electron chi connectivity index (χ1n) is 7.05. The van der Waals surface area contributed by atoms with Crippen LogP contribution < -0.4 is 5.56 Å². The molecule has 0 radical (unpaired) electrons. The third kappa shape index (κ3) is 2.93. The van der Waals surface area contributed by atoms with Gasteiger partial charge >= 0.3 is 12.1 Å². The monoisotopic (exact) mass is 370 g/mol. The summed E-state index contributed by atoms with van der Waals surface area (Å²) >= 11 is 5.65. The fourth-order valence-corrected chi connectivity index (χ4v) is 2.73. The quantitative estimate of drug-likeness (QED) is 0.698. The molecule has 130 valence electrons. The van der Waals surface area contributed by atoms with Crippen molar-refractivity contribution in [2.45, 2.75) is 19.0 Å². The van der Waals surface area contributed by atoms with Gasteiger partial charge in [-0.2, -0.15) is 13.2 Å². The lowest BCUT2D eigenvalue weighted by molar-refractivity contribution is -0.138. The summed E-state index contributed by atoms with van der Waals surface area (Å²) in [4.78, 5) is 27.7. The number of hydrogen-bond donors (Lipinski definition) is 1. The highest BCUT2D eigenvalue weighted by molar-refractivity contribution is 6.31. The van der Waals surface area contributed by atoms with Gasteiger partial charge in [-0.1, -0.05) is 17.7 Å². The smallest absolute Gasteiger partial charge is 0.418 e. The summed E-state index contributed by atoms with van der Waals surface area (Å²) in [6, 6.07) is 4.97. The number of aromatic nitrogens is 2. The lowest BCUT2D eigenvalue weighted by Gasteiger charge is -2.12. The lowest BCUT2D eigenvalue weighted by Crippen LogP contribution is -2.18. The second-order valence-electron chi connectivity index (χ2n) is 5.51. The molecule has 0 bridgehead atoms. The van der Waals surface area contributed by atoms with Crippen LogP contribution in [0, 0.1) is 0 Å². The van der Waals surface area contributed by atoms with E-state index in [-0.39, 0.29) is 16.6 Å². The molecule has 5 nitrogen and oxygen atoms in total. The van der Waals surface area contributed by atoms with Gasteiger partial charge in [0.2, 0.25) is 0 Å². The topological polar surface area (TPSA) is 71.7 Å². The van der Waals surface area contributed by atoms with Crippen LogP contribution in [0.5, 0.6) is 0 Å². The number of pyridine rings is 1. The summed E-state index contributed by atoms with van der Waals surface area (Å²) in [5, 5.41) is 8.54. The molecule has 2 aromatic heterocycles. The van der Waals surface area contributed by atoms with Crippen LogP contribution in [0.3, 0.4) is 0 Å². The molecule has 25 heavy (non-hydrogen) atoms. The Bertz CT molecular complexity index is 1080. The Morgan fingerprint density at radius 3 is 2.60 bits per heavy atom.